The zero-order chi connectivity index (χ0) is 13.8. The van der Waals surface area contributed by atoms with Crippen LogP contribution in [0, 0.1) is 6.92 Å². The maximum Gasteiger partial charge on any atom is 0.242 e. The van der Waals surface area contributed by atoms with Crippen molar-refractivity contribution in [3.05, 3.63) is 23.8 Å². The zero-order valence-electron chi connectivity index (χ0n) is 11.3. The summed E-state index contributed by atoms with van der Waals surface area (Å²) in [5.41, 5.74) is 7.16. The Morgan fingerprint density at radius 2 is 1.94 bits per heavy atom. The van der Waals surface area contributed by atoms with Crippen LogP contribution in [0.3, 0.4) is 0 Å². The molecule has 1 aromatic carbocycles. The number of unbranched alkanes of at least 4 members (excludes halogenated alkanes) is 2. The lowest BCUT2D eigenvalue weighted by Gasteiger charge is -2.17. The summed E-state index contributed by atoms with van der Waals surface area (Å²) < 4.78 is 25.9. The van der Waals surface area contributed by atoms with Crippen LogP contribution < -0.4 is 5.73 Å². The minimum Gasteiger partial charge on any atom is -0.398 e. The average molecular weight is 270 g/mol. The van der Waals surface area contributed by atoms with Gasteiger partial charge in [-0.05, 0) is 31.0 Å². The Hall–Kier alpha value is -1.07. The molecule has 0 radical (unpaired) electrons. The van der Waals surface area contributed by atoms with Crippen LogP contribution in [0.25, 0.3) is 0 Å². The second-order valence-corrected chi connectivity index (χ2v) is 6.60. The van der Waals surface area contributed by atoms with Crippen molar-refractivity contribution in [3.8, 4) is 0 Å². The van der Waals surface area contributed by atoms with Crippen molar-refractivity contribution >= 4 is 15.7 Å². The largest absolute Gasteiger partial charge is 0.398 e. The summed E-state index contributed by atoms with van der Waals surface area (Å²) in [4.78, 5) is 0.268. The van der Waals surface area contributed by atoms with E-state index in [0.717, 1.165) is 24.8 Å². The quantitative estimate of drug-likeness (QED) is 0.637. The van der Waals surface area contributed by atoms with Crippen molar-refractivity contribution in [1.82, 2.24) is 4.31 Å². The Labute approximate surface area is 110 Å². The van der Waals surface area contributed by atoms with Gasteiger partial charge in [-0.2, -0.15) is 0 Å². The highest BCUT2D eigenvalue weighted by molar-refractivity contribution is 7.89. The molecule has 1 rings (SSSR count). The summed E-state index contributed by atoms with van der Waals surface area (Å²) in [6.45, 7) is 4.50. The van der Waals surface area contributed by atoms with Crippen molar-refractivity contribution in [2.24, 2.45) is 0 Å². The molecule has 2 N–H and O–H groups in total. The van der Waals surface area contributed by atoms with Gasteiger partial charge in [0.05, 0.1) is 4.90 Å². The van der Waals surface area contributed by atoms with Gasteiger partial charge in [0.25, 0.3) is 0 Å². The van der Waals surface area contributed by atoms with Gasteiger partial charge in [-0.1, -0.05) is 25.8 Å². The lowest BCUT2D eigenvalue weighted by Crippen LogP contribution is -2.28. The van der Waals surface area contributed by atoms with Crippen LogP contribution in [0.15, 0.2) is 23.1 Å². The zero-order valence-corrected chi connectivity index (χ0v) is 12.1. The maximum absolute atomic E-state index is 12.3. The Kier molecular flexibility index (Phi) is 5.16. The molecule has 0 bridgehead atoms. The molecule has 0 aliphatic heterocycles. The van der Waals surface area contributed by atoms with E-state index in [0.29, 0.717) is 12.2 Å². The fraction of sp³-hybridized carbons (Fsp3) is 0.538. The fourth-order valence-electron chi connectivity index (χ4n) is 1.66. The van der Waals surface area contributed by atoms with Gasteiger partial charge in [0.15, 0.2) is 0 Å². The molecule has 1 aromatic rings. The van der Waals surface area contributed by atoms with E-state index in [-0.39, 0.29) is 4.90 Å². The molecule has 0 unspecified atom stereocenters. The summed E-state index contributed by atoms with van der Waals surface area (Å²) in [5, 5.41) is 0. The molecule has 0 aromatic heterocycles. The summed E-state index contributed by atoms with van der Waals surface area (Å²) in [7, 11) is -1.79. The number of aryl methyl sites for hydroxylation is 1. The third-order valence-corrected chi connectivity index (χ3v) is 4.89. The average Bonchev–Trinajstić information content (AvgIpc) is 2.32. The molecule has 0 atom stereocenters. The molecule has 0 spiro atoms. The van der Waals surface area contributed by atoms with Crippen molar-refractivity contribution in [1.29, 1.82) is 0 Å². The number of nitrogens with two attached hydrogens (primary N) is 1. The fourth-order valence-corrected chi connectivity index (χ4v) is 2.91. The lowest BCUT2D eigenvalue weighted by atomic mass is 10.2. The Balaban J connectivity index is 2.88. The first-order chi connectivity index (χ1) is 8.39. The van der Waals surface area contributed by atoms with E-state index in [1.807, 2.05) is 6.92 Å². The molecule has 0 aliphatic carbocycles. The Morgan fingerprint density at radius 1 is 1.28 bits per heavy atom. The van der Waals surface area contributed by atoms with Crippen LogP contribution in [0.2, 0.25) is 0 Å². The molecule has 0 saturated carbocycles. The predicted molar refractivity (Wildman–Crippen MR) is 74.9 cm³/mol. The van der Waals surface area contributed by atoms with Gasteiger partial charge in [0.2, 0.25) is 10.0 Å². The van der Waals surface area contributed by atoms with Crippen LogP contribution in [-0.2, 0) is 10.0 Å². The summed E-state index contributed by atoms with van der Waals surface area (Å²) in [5.74, 6) is 0. The standard InChI is InChI=1S/C13H22N2O2S/c1-4-5-6-9-15(3)18(16,17)12-8-7-11(2)13(14)10-12/h7-8,10H,4-6,9,14H2,1-3H3. The molecule has 0 fully saturated rings. The van der Waals surface area contributed by atoms with E-state index < -0.39 is 10.0 Å². The second-order valence-electron chi connectivity index (χ2n) is 4.55. The minimum atomic E-state index is -3.41. The van der Waals surface area contributed by atoms with Crippen molar-refractivity contribution < 1.29 is 8.42 Å². The Bertz CT molecular complexity index is 498. The molecule has 4 nitrogen and oxygen atoms in total. The van der Waals surface area contributed by atoms with E-state index in [1.54, 1.807) is 19.2 Å². The molecule has 0 saturated heterocycles. The minimum absolute atomic E-state index is 0.268. The van der Waals surface area contributed by atoms with Gasteiger partial charge in [-0.25, -0.2) is 12.7 Å². The first-order valence-electron chi connectivity index (χ1n) is 6.22. The second kappa shape index (κ2) is 6.20. The van der Waals surface area contributed by atoms with Crippen LogP contribution in [-0.4, -0.2) is 26.3 Å². The topological polar surface area (TPSA) is 63.4 Å². The summed E-state index contributed by atoms with van der Waals surface area (Å²) in [6, 6.07) is 4.88. The van der Waals surface area contributed by atoms with Gasteiger partial charge < -0.3 is 5.73 Å². The van der Waals surface area contributed by atoms with Crippen LogP contribution in [0.4, 0.5) is 5.69 Å². The normalized spacial score (nSPS) is 12.0. The van der Waals surface area contributed by atoms with Gasteiger partial charge in [-0.15, -0.1) is 0 Å². The van der Waals surface area contributed by atoms with E-state index in [2.05, 4.69) is 6.92 Å². The SMILES string of the molecule is CCCCCN(C)S(=O)(=O)c1ccc(C)c(N)c1. The Morgan fingerprint density at radius 3 is 2.50 bits per heavy atom. The molecule has 0 aliphatic rings. The third kappa shape index (κ3) is 3.46. The number of hydrogen-bond acceptors (Lipinski definition) is 3. The van der Waals surface area contributed by atoms with Crippen LogP contribution in [0.1, 0.15) is 31.7 Å². The first-order valence-corrected chi connectivity index (χ1v) is 7.66. The molecule has 102 valence electrons. The van der Waals surface area contributed by atoms with Crippen LogP contribution in [0.5, 0.6) is 0 Å². The van der Waals surface area contributed by atoms with Gasteiger partial charge >= 0.3 is 0 Å². The number of nitrogen functional groups attached to an aromatic ring is 1. The molecule has 18 heavy (non-hydrogen) atoms. The number of sulfonamides is 1. The number of hydrogen-bond donors (Lipinski definition) is 1. The number of anilines is 1. The highest BCUT2D eigenvalue weighted by Crippen LogP contribution is 2.20. The van der Waals surface area contributed by atoms with Crippen molar-refractivity contribution in [3.63, 3.8) is 0 Å². The van der Waals surface area contributed by atoms with Crippen LogP contribution >= 0.6 is 0 Å². The molecule has 0 heterocycles. The summed E-state index contributed by atoms with van der Waals surface area (Å²) >= 11 is 0. The van der Waals surface area contributed by atoms with E-state index in [1.165, 1.54) is 10.4 Å². The number of nitrogens with zero attached hydrogens (tertiary/aromatic N) is 1. The van der Waals surface area contributed by atoms with Crippen molar-refractivity contribution in [2.75, 3.05) is 19.3 Å². The predicted octanol–water partition coefficient (Wildman–Crippen LogP) is 2.39. The number of benzene rings is 1. The summed E-state index contributed by atoms with van der Waals surface area (Å²) in [6.07, 6.45) is 2.99. The molecule has 0 amide bonds. The molecular formula is C13H22N2O2S. The van der Waals surface area contributed by atoms with Gasteiger partial charge in [-0.3, -0.25) is 0 Å². The maximum atomic E-state index is 12.3. The molecular weight excluding hydrogens is 248 g/mol. The van der Waals surface area contributed by atoms with Gasteiger partial charge in [0.1, 0.15) is 0 Å². The monoisotopic (exact) mass is 270 g/mol. The highest BCUT2D eigenvalue weighted by atomic mass is 32.2. The van der Waals surface area contributed by atoms with E-state index in [4.69, 9.17) is 5.73 Å². The number of rotatable bonds is 6. The smallest absolute Gasteiger partial charge is 0.242 e. The lowest BCUT2D eigenvalue weighted by molar-refractivity contribution is 0.454. The van der Waals surface area contributed by atoms with Gasteiger partial charge in [0, 0.05) is 19.3 Å². The van der Waals surface area contributed by atoms with E-state index in [9.17, 15) is 8.42 Å². The van der Waals surface area contributed by atoms with Crippen molar-refractivity contribution in [2.45, 2.75) is 38.0 Å². The molecule has 5 heteroatoms. The first kappa shape index (κ1) is 15.0. The van der Waals surface area contributed by atoms with E-state index >= 15 is 0 Å². The third-order valence-electron chi connectivity index (χ3n) is 3.04. The highest BCUT2D eigenvalue weighted by Gasteiger charge is 2.20.